The number of carbonyl (C=O) groups excluding carboxylic acids is 1. The summed E-state index contributed by atoms with van der Waals surface area (Å²) < 4.78 is 0. The van der Waals surface area contributed by atoms with Gasteiger partial charge in [-0.25, -0.2) is 0 Å². The van der Waals surface area contributed by atoms with Crippen molar-refractivity contribution in [3.8, 4) is 0 Å². The summed E-state index contributed by atoms with van der Waals surface area (Å²) in [7, 11) is 0. The molecule has 2 aliphatic rings. The molecule has 0 bridgehead atoms. The molecule has 1 fully saturated rings. The molecule has 1 N–H and O–H groups in total. The van der Waals surface area contributed by atoms with E-state index in [4.69, 9.17) is 0 Å². The Hall–Kier alpha value is -0.790. The van der Waals surface area contributed by atoms with Crippen molar-refractivity contribution in [2.75, 3.05) is 0 Å². The Morgan fingerprint density at radius 2 is 2.11 bits per heavy atom. The Kier molecular flexibility index (Phi) is 3.57. The molecular weight excluding hydrogens is 222 g/mol. The molecule has 0 heterocycles. The van der Waals surface area contributed by atoms with Crippen molar-refractivity contribution in [2.45, 2.75) is 65.3 Å². The van der Waals surface area contributed by atoms with Gasteiger partial charge in [-0.2, -0.15) is 0 Å². The molecule has 2 aliphatic carbocycles. The van der Waals surface area contributed by atoms with Crippen LogP contribution >= 0.6 is 0 Å². The summed E-state index contributed by atoms with van der Waals surface area (Å²) >= 11 is 0. The van der Waals surface area contributed by atoms with E-state index in [9.17, 15) is 4.79 Å². The smallest absolute Gasteiger partial charge is 0.207 e. The zero-order chi connectivity index (χ0) is 13.4. The molecular formula is C16H27NO. The third kappa shape index (κ3) is 2.34. The first kappa shape index (κ1) is 13.6. The Labute approximate surface area is 111 Å². The van der Waals surface area contributed by atoms with Crippen LogP contribution < -0.4 is 5.32 Å². The van der Waals surface area contributed by atoms with Crippen LogP contribution in [0.25, 0.3) is 0 Å². The number of nitrogens with one attached hydrogen (secondary N) is 1. The van der Waals surface area contributed by atoms with Crippen molar-refractivity contribution >= 4 is 6.41 Å². The van der Waals surface area contributed by atoms with Gasteiger partial charge in [-0.05, 0) is 56.8 Å². The second-order valence-corrected chi connectivity index (χ2v) is 7.10. The van der Waals surface area contributed by atoms with E-state index in [1.807, 2.05) is 0 Å². The molecule has 1 unspecified atom stereocenters. The van der Waals surface area contributed by atoms with Crippen molar-refractivity contribution in [2.24, 2.45) is 17.3 Å². The highest BCUT2D eigenvalue weighted by Crippen LogP contribution is 2.51. The zero-order valence-corrected chi connectivity index (χ0v) is 12.3. The van der Waals surface area contributed by atoms with Gasteiger partial charge in [-0.1, -0.05) is 31.9 Å². The average Bonchev–Trinajstić information content (AvgIpc) is 2.28. The van der Waals surface area contributed by atoms with E-state index in [1.54, 1.807) is 5.57 Å². The van der Waals surface area contributed by atoms with Crippen molar-refractivity contribution < 1.29 is 4.79 Å². The minimum atomic E-state index is -0.118. The fourth-order valence-corrected chi connectivity index (χ4v) is 3.93. The monoisotopic (exact) mass is 249 g/mol. The number of allylic oxidation sites excluding steroid dienone is 1. The lowest BCUT2D eigenvalue weighted by molar-refractivity contribution is -0.111. The quantitative estimate of drug-likeness (QED) is 0.600. The van der Waals surface area contributed by atoms with Crippen LogP contribution in [0.4, 0.5) is 0 Å². The Morgan fingerprint density at radius 3 is 2.78 bits per heavy atom. The number of hydrogen-bond donors (Lipinski definition) is 1. The molecule has 0 radical (unpaired) electrons. The van der Waals surface area contributed by atoms with Crippen molar-refractivity contribution in [3.63, 3.8) is 0 Å². The molecule has 18 heavy (non-hydrogen) atoms. The SMILES string of the molecule is C[C@H]1CCC[C@]2(C)CCC(C(C)(C)NC=O)C=C12. The first-order valence-corrected chi connectivity index (χ1v) is 7.32. The van der Waals surface area contributed by atoms with E-state index in [0.717, 1.165) is 12.3 Å². The molecule has 102 valence electrons. The highest BCUT2D eigenvalue weighted by atomic mass is 16.1. The Bertz CT molecular complexity index is 358. The van der Waals surface area contributed by atoms with E-state index in [2.05, 4.69) is 39.1 Å². The van der Waals surface area contributed by atoms with Crippen LogP contribution in [0.5, 0.6) is 0 Å². The Balaban J connectivity index is 2.26. The van der Waals surface area contributed by atoms with Crippen molar-refractivity contribution in [3.05, 3.63) is 11.6 Å². The lowest BCUT2D eigenvalue weighted by Gasteiger charge is -2.47. The molecule has 0 spiro atoms. The van der Waals surface area contributed by atoms with Crippen LogP contribution in [0.15, 0.2) is 11.6 Å². The van der Waals surface area contributed by atoms with E-state index in [0.29, 0.717) is 11.3 Å². The summed E-state index contributed by atoms with van der Waals surface area (Å²) in [6.07, 6.45) is 9.85. The highest BCUT2D eigenvalue weighted by molar-refractivity contribution is 5.48. The molecule has 0 aromatic rings. The van der Waals surface area contributed by atoms with Crippen LogP contribution in [0, 0.1) is 17.3 Å². The van der Waals surface area contributed by atoms with Gasteiger partial charge in [0.25, 0.3) is 0 Å². The first-order chi connectivity index (χ1) is 8.39. The van der Waals surface area contributed by atoms with Gasteiger partial charge < -0.3 is 5.32 Å². The van der Waals surface area contributed by atoms with Crippen LogP contribution in [0.2, 0.25) is 0 Å². The average molecular weight is 249 g/mol. The van der Waals surface area contributed by atoms with Gasteiger partial charge >= 0.3 is 0 Å². The summed E-state index contributed by atoms with van der Waals surface area (Å²) in [4.78, 5) is 10.7. The van der Waals surface area contributed by atoms with Gasteiger partial charge in [0, 0.05) is 5.54 Å². The number of rotatable bonds is 3. The summed E-state index contributed by atoms with van der Waals surface area (Å²) in [6.45, 7) is 9.08. The fraction of sp³-hybridized carbons (Fsp3) is 0.812. The summed E-state index contributed by atoms with van der Waals surface area (Å²) in [6, 6.07) is 0. The number of amides is 1. The van der Waals surface area contributed by atoms with E-state index in [1.165, 1.54) is 32.1 Å². The molecule has 0 aliphatic heterocycles. The van der Waals surface area contributed by atoms with E-state index in [-0.39, 0.29) is 5.54 Å². The summed E-state index contributed by atoms with van der Waals surface area (Å²) in [5.74, 6) is 1.20. The number of fused-ring (bicyclic) bond motifs is 1. The fourth-order valence-electron chi connectivity index (χ4n) is 3.93. The first-order valence-electron chi connectivity index (χ1n) is 7.32. The number of carbonyl (C=O) groups is 1. The molecule has 2 rings (SSSR count). The largest absolute Gasteiger partial charge is 0.353 e. The standard InChI is InChI=1S/C16H27NO/c1-12-6-5-8-16(4)9-7-13(10-14(12)16)15(2,3)17-11-18/h10-13H,5-9H2,1-4H3,(H,17,18)/t12-,13?,16+/m0/s1. The lowest BCUT2D eigenvalue weighted by atomic mass is 9.59. The predicted octanol–water partition coefficient (Wildman–Crippen LogP) is 3.67. The number of hydrogen-bond acceptors (Lipinski definition) is 1. The van der Waals surface area contributed by atoms with Crippen LogP contribution in [-0.4, -0.2) is 11.9 Å². The van der Waals surface area contributed by atoms with Gasteiger partial charge in [0.05, 0.1) is 0 Å². The van der Waals surface area contributed by atoms with Gasteiger partial charge in [-0.3, -0.25) is 4.79 Å². The van der Waals surface area contributed by atoms with Crippen LogP contribution in [0.3, 0.4) is 0 Å². The lowest BCUT2D eigenvalue weighted by Crippen LogP contribution is -2.47. The Morgan fingerprint density at radius 1 is 1.39 bits per heavy atom. The van der Waals surface area contributed by atoms with Crippen molar-refractivity contribution in [1.29, 1.82) is 0 Å². The highest BCUT2D eigenvalue weighted by Gasteiger charge is 2.41. The minimum absolute atomic E-state index is 0.118. The second-order valence-electron chi connectivity index (χ2n) is 7.10. The minimum Gasteiger partial charge on any atom is -0.353 e. The molecule has 3 atom stereocenters. The molecule has 0 aromatic heterocycles. The van der Waals surface area contributed by atoms with Gasteiger partial charge in [0.1, 0.15) is 0 Å². The topological polar surface area (TPSA) is 29.1 Å². The maximum atomic E-state index is 10.7. The van der Waals surface area contributed by atoms with E-state index < -0.39 is 0 Å². The van der Waals surface area contributed by atoms with Gasteiger partial charge in [-0.15, -0.1) is 0 Å². The maximum absolute atomic E-state index is 10.7. The summed E-state index contributed by atoms with van der Waals surface area (Å²) in [5.41, 5.74) is 1.98. The third-order valence-electron chi connectivity index (χ3n) is 5.34. The van der Waals surface area contributed by atoms with Crippen LogP contribution in [-0.2, 0) is 4.79 Å². The van der Waals surface area contributed by atoms with Gasteiger partial charge in [0.2, 0.25) is 6.41 Å². The van der Waals surface area contributed by atoms with Crippen molar-refractivity contribution in [1.82, 2.24) is 5.32 Å². The molecule has 1 amide bonds. The second kappa shape index (κ2) is 4.71. The normalized spacial score (nSPS) is 36.6. The molecule has 2 heteroatoms. The van der Waals surface area contributed by atoms with Crippen LogP contribution in [0.1, 0.15) is 59.8 Å². The summed E-state index contributed by atoms with van der Waals surface area (Å²) in [5, 5.41) is 2.99. The maximum Gasteiger partial charge on any atom is 0.207 e. The zero-order valence-electron chi connectivity index (χ0n) is 12.3. The molecule has 2 nitrogen and oxygen atoms in total. The third-order valence-corrected chi connectivity index (χ3v) is 5.34. The van der Waals surface area contributed by atoms with E-state index >= 15 is 0 Å². The molecule has 0 aromatic carbocycles. The molecule has 0 saturated heterocycles. The predicted molar refractivity (Wildman–Crippen MR) is 75.2 cm³/mol. The van der Waals surface area contributed by atoms with Gasteiger partial charge in [0.15, 0.2) is 0 Å². The molecule has 1 saturated carbocycles.